The normalized spacial score (nSPS) is 13.5. The van der Waals surface area contributed by atoms with Crippen LogP contribution in [0.5, 0.6) is 0 Å². The number of carboxylic acid groups (broad SMARTS) is 1. The maximum atomic E-state index is 11.9. The number of hydrogen-bond donors (Lipinski definition) is 2. The molecule has 0 radical (unpaired) electrons. The Kier molecular flexibility index (Phi) is 4.49. The van der Waals surface area contributed by atoms with E-state index < -0.39 is 16.0 Å². The van der Waals surface area contributed by atoms with Crippen LogP contribution in [0.2, 0.25) is 0 Å². The number of aryl methyl sites for hydroxylation is 1. The minimum absolute atomic E-state index is 0.0781. The van der Waals surface area contributed by atoms with E-state index >= 15 is 0 Å². The molecule has 0 saturated heterocycles. The van der Waals surface area contributed by atoms with Gasteiger partial charge in [-0.25, -0.2) is 17.9 Å². The third-order valence-electron chi connectivity index (χ3n) is 2.47. The number of aromatic nitrogens is 1. The fourth-order valence-corrected chi connectivity index (χ4v) is 2.47. The average Bonchev–Trinajstić information content (AvgIpc) is 2.69. The zero-order valence-electron chi connectivity index (χ0n) is 10.4. The van der Waals surface area contributed by atoms with Gasteiger partial charge in [0.15, 0.2) is 0 Å². The molecule has 0 saturated carbocycles. The number of carboxylic acids is 1. The Morgan fingerprint density at radius 2 is 2.22 bits per heavy atom. The molecule has 0 aliphatic rings. The van der Waals surface area contributed by atoms with Gasteiger partial charge in [0.05, 0.1) is 6.10 Å². The molecule has 0 amide bonds. The quantitative estimate of drug-likeness (QED) is 0.764. The number of hydrogen-bond acceptors (Lipinski definition) is 4. The third kappa shape index (κ3) is 3.31. The maximum Gasteiger partial charge on any atom is 0.352 e. The van der Waals surface area contributed by atoms with Crippen LogP contribution in [-0.4, -0.2) is 43.8 Å². The smallest absolute Gasteiger partial charge is 0.352 e. The molecule has 102 valence electrons. The van der Waals surface area contributed by atoms with Crippen molar-refractivity contribution in [1.82, 2.24) is 9.29 Å². The van der Waals surface area contributed by atoms with Crippen molar-refractivity contribution in [2.75, 3.05) is 13.7 Å². The molecule has 0 fully saturated rings. The van der Waals surface area contributed by atoms with Crippen LogP contribution >= 0.6 is 0 Å². The van der Waals surface area contributed by atoms with Crippen molar-refractivity contribution >= 4 is 16.0 Å². The van der Waals surface area contributed by atoms with E-state index in [0.717, 1.165) is 6.07 Å². The van der Waals surface area contributed by atoms with Crippen LogP contribution in [0.4, 0.5) is 0 Å². The molecule has 1 aromatic rings. The molecular weight excluding hydrogens is 260 g/mol. The first-order valence-corrected chi connectivity index (χ1v) is 6.68. The fraction of sp³-hybridized carbons (Fsp3) is 0.500. The number of ether oxygens (including phenoxy) is 1. The molecule has 0 aliphatic heterocycles. The SMILES string of the molecule is COC(C)CNS(=O)(=O)c1cc(C(=O)O)n(C)c1. The summed E-state index contributed by atoms with van der Waals surface area (Å²) < 4.78 is 32.3. The molecule has 1 aromatic heterocycles. The van der Waals surface area contributed by atoms with Crippen molar-refractivity contribution in [3.8, 4) is 0 Å². The van der Waals surface area contributed by atoms with Crippen LogP contribution in [0, 0.1) is 0 Å². The first-order chi connectivity index (χ1) is 8.27. The van der Waals surface area contributed by atoms with E-state index in [2.05, 4.69) is 4.72 Å². The topological polar surface area (TPSA) is 97.6 Å². The molecule has 1 atom stereocenters. The van der Waals surface area contributed by atoms with Gasteiger partial charge in [-0.2, -0.15) is 0 Å². The van der Waals surface area contributed by atoms with E-state index in [-0.39, 0.29) is 23.2 Å². The number of nitrogens with one attached hydrogen (secondary N) is 1. The van der Waals surface area contributed by atoms with E-state index in [1.807, 2.05) is 0 Å². The Morgan fingerprint density at radius 1 is 1.61 bits per heavy atom. The molecule has 1 heterocycles. The van der Waals surface area contributed by atoms with Gasteiger partial charge in [0.2, 0.25) is 10.0 Å². The predicted octanol–water partition coefficient (Wildman–Crippen LogP) is 0.0365. The zero-order chi connectivity index (χ0) is 13.9. The molecule has 0 spiro atoms. The van der Waals surface area contributed by atoms with Crippen molar-refractivity contribution in [3.05, 3.63) is 18.0 Å². The highest BCUT2D eigenvalue weighted by atomic mass is 32.2. The molecule has 18 heavy (non-hydrogen) atoms. The molecule has 0 aliphatic carbocycles. The van der Waals surface area contributed by atoms with E-state index in [1.165, 1.54) is 24.9 Å². The standard InChI is InChI=1S/C10H16N2O5S/c1-7(17-3)5-11-18(15,16)8-4-9(10(13)14)12(2)6-8/h4,6-7,11H,5H2,1-3H3,(H,13,14). The molecule has 0 aromatic carbocycles. The first kappa shape index (κ1) is 14.7. The molecular formula is C10H16N2O5S. The summed E-state index contributed by atoms with van der Waals surface area (Å²) >= 11 is 0. The van der Waals surface area contributed by atoms with Gasteiger partial charge in [0, 0.05) is 26.9 Å². The maximum absolute atomic E-state index is 11.9. The lowest BCUT2D eigenvalue weighted by molar-refractivity contribution is 0.0686. The summed E-state index contributed by atoms with van der Waals surface area (Å²) in [5.41, 5.74) is -0.0878. The molecule has 8 heteroatoms. The van der Waals surface area contributed by atoms with Crippen LogP contribution in [0.3, 0.4) is 0 Å². The van der Waals surface area contributed by atoms with Crippen LogP contribution < -0.4 is 4.72 Å². The minimum Gasteiger partial charge on any atom is -0.477 e. The Balaban J connectivity index is 2.92. The summed E-state index contributed by atoms with van der Waals surface area (Å²) in [7, 11) is -0.766. The Hall–Kier alpha value is -1.38. The highest BCUT2D eigenvalue weighted by Gasteiger charge is 2.20. The monoisotopic (exact) mass is 276 g/mol. The van der Waals surface area contributed by atoms with E-state index in [0.29, 0.717) is 0 Å². The lowest BCUT2D eigenvalue weighted by Crippen LogP contribution is -2.31. The molecule has 0 bridgehead atoms. The van der Waals surface area contributed by atoms with Gasteiger partial charge in [-0.3, -0.25) is 0 Å². The zero-order valence-corrected chi connectivity index (χ0v) is 11.2. The van der Waals surface area contributed by atoms with E-state index in [1.54, 1.807) is 6.92 Å². The lowest BCUT2D eigenvalue weighted by Gasteiger charge is -2.10. The highest BCUT2D eigenvalue weighted by molar-refractivity contribution is 7.89. The molecule has 2 N–H and O–H groups in total. The lowest BCUT2D eigenvalue weighted by atomic mass is 10.4. The van der Waals surface area contributed by atoms with Crippen molar-refractivity contribution < 1.29 is 23.1 Å². The summed E-state index contributed by atoms with van der Waals surface area (Å²) in [6.45, 7) is 1.84. The van der Waals surface area contributed by atoms with Crippen molar-refractivity contribution in [2.24, 2.45) is 7.05 Å². The second-order valence-corrected chi connectivity index (χ2v) is 5.64. The molecule has 1 unspecified atom stereocenters. The highest BCUT2D eigenvalue weighted by Crippen LogP contribution is 2.13. The fourth-order valence-electron chi connectivity index (χ4n) is 1.29. The number of sulfonamides is 1. The second kappa shape index (κ2) is 5.51. The van der Waals surface area contributed by atoms with Crippen LogP contribution in [-0.2, 0) is 21.8 Å². The van der Waals surface area contributed by atoms with Crippen molar-refractivity contribution in [2.45, 2.75) is 17.9 Å². The summed E-state index contributed by atoms with van der Waals surface area (Å²) in [6.07, 6.45) is 0.992. The second-order valence-electron chi connectivity index (χ2n) is 3.88. The summed E-state index contributed by atoms with van der Waals surface area (Å²) in [4.78, 5) is 10.7. The minimum atomic E-state index is -3.71. The predicted molar refractivity (Wildman–Crippen MR) is 64.0 cm³/mol. The summed E-state index contributed by atoms with van der Waals surface area (Å²) in [5, 5.41) is 8.84. The molecule has 7 nitrogen and oxygen atoms in total. The van der Waals surface area contributed by atoms with Gasteiger partial charge in [0.1, 0.15) is 10.6 Å². The van der Waals surface area contributed by atoms with Gasteiger partial charge >= 0.3 is 5.97 Å². The number of aromatic carboxylic acids is 1. The van der Waals surface area contributed by atoms with Crippen molar-refractivity contribution in [3.63, 3.8) is 0 Å². The van der Waals surface area contributed by atoms with E-state index in [9.17, 15) is 13.2 Å². The van der Waals surface area contributed by atoms with Gasteiger partial charge in [-0.05, 0) is 13.0 Å². The average molecular weight is 276 g/mol. The number of carbonyl (C=O) groups is 1. The van der Waals surface area contributed by atoms with Crippen LogP contribution in [0.25, 0.3) is 0 Å². The number of methoxy groups -OCH3 is 1. The largest absolute Gasteiger partial charge is 0.477 e. The van der Waals surface area contributed by atoms with Crippen molar-refractivity contribution in [1.29, 1.82) is 0 Å². The Bertz CT molecular complexity index is 534. The van der Waals surface area contributed by atoms with Gasteiger partial charge in [-0.1, -0.05) is 0 Å². The summed E-state index contributed by atoms with van der Waals surface area (Å²) in [5.74, 6) is -1.18. The van der Waals surface area contributed by atoms with E-state index in [4.69, 9.17) is 9.84 Å². The molecule has 1 rings (SSSR count). The number of nitrogens with zero attached hydrogens (tertiary/aromatic N) is 1. The van der Waals surface area contributed by atoms with Gasteiger partial charge in [0.25, 0.3) is 0 Å². The van der Waals surface area contributed by atoms with Gasteiger partial charge in [-0.15, -0.1) is 0 Å². The summed E-state index contributed by atoms with van der Waals surface area (Å²) in [6, 6.07) is 1.11. The van der Waals surface area contributed by atoms with Crippen LogP contribution in [0.1, 0.15) is 17.4 Å². The number of rotatable bonds is 6. The third-order valence-corrected chi connectivity index (χ3v) is 3.86. The van der Waals surface area contributed by atoms with Gasteiger partial charge < -0.3 is 14.4 Å². The Labute approximate surface area is 105 Å². The Morgan fingerprint density at radius 3 is 2.67 bits per heavy atom. The first-order valence-electron chi connectivity index (χ1n) is 5.20. The van der Waals surface area contributed by atoms with Crippen LogP contribution in [0.15, 0.2) is 17.2 Å².